The molecule has 50 heavy (non-hydrogen) atoms. The van der Waals surface area contributed by atoms with Crippen LogP contribution >= 0.6 is 0 Å². The number of nitrogens with zero attached hydrogens (tertiary/aromatic N) is 4. The third-order valence-corrected chi connectivity index (χ3v) is 10.2. The SMILES string of the molecule is C=Cc1ccc(-n2nc(C(=O)Nc3cc(C(CCC4CC4)(N[S@+]([O-])C(C)(C)C)c4ccncc4)ccc3F)cc2C(F)(F)F)cc1/C(N)=N\C. The zero-order chi connectivity index (χ0) is 36.4. The molecule has 0 saturated heterocycles. The second-order valence-corrected chi connectivity index (χ2v) is 15.1. The zero-order valence-electron chi connectivity index (χ0n) is 28.1. The van der Waals surface area contributed by atoms with Crippen molar-refractivity contribution >= 4 is 34.9 Å². The average molecular weight is 710 g/mol. The van der Waals surface area contributed by atoms with Gasteiger partial charge < -0.3 is 15.6 Å². The highest BCUT2D eigenvalue weighted by atomic mass is 32.2. The smallest absolute Gasteiger partial charge is 0.433 e. The minimum absolute atomic E-state index is 0.0347. The van der Waals surface area contributed by atoms with Gasteiger partial charge in [-0.1, -0.05) is 37.6 Å². The summed E-state index contributed by atoms with van der Waals surface area (Å²) in [5, 5.41) is 6.42. The molecule has 1 aliphatic carbocycles. The van der Waals surface area contributed by atoms with Crippen LogP contribution in [0, 0.1) is 11.7 Å². The molecule has 1 amide bonds. The van der Waals surface area contributed by atoms with Gasteiger partial charge in [0, 0.05) is 42.4 Å². The molecule has 9 nitrogen and oxygen atoms in total. The Morgan fingerprint density at radius 3 is 2.40 bits per heavy atom. The first-order valence-electron chi connectivity index (χ1n) is 16.0. The van der Waals surface area contributed by atoms with E-state index in [-0.39, 0.29) is 17.2 Å². The third kappa shape index (κ3) is 7.92. The fraction of sp³-hybridized carbons (Fsp3) is 0.333. The lowest BCUT2D eigenvalue weighted by Crippen LogP contribution is -2.52. The normalized spacial score (nSPS) is 15.7. The van der Waals surface area contributed by atoms with Crippen LogP contribution in [-0.4, -0.2) is 42.9 Å². The number of aliphatic imine (C=N–C) groups is 1. The van der Waals surface area contributed by atoms with Gasteiger partial charge in [0.05, 0.1) is 11.4 Å². The van der Waals surface area contributed by atoms with E-state index in [4.69, 9.17) is 5.73 Å². The first-order valence-corrected chi connectivity index (χ1v) is 17.1. The van der Waals surface area contributed by atoms with Gasteiger partial charge in [-0.3, -0.25) is 14.8 Å². The Morgan fingerprint density at radius 2 is 1.80 bits per heavy atom. The molecule has 0 radical (unpaired) electrons. The minimum atomic E-state index is -4.90. The van der Waals surface area contributed by atoms with Gasteiger partial charge in [0.15, 0.2) is 5.69 Å². The van der Waals surface area contributed by atoms with Crippen LogP contribution in [0.15, 0.2) is 78.6 Å². The van der Waals surface area contributed by atoms with Crippen molar-refractivity contribution in [2.24, 2.45) is 16.6 Å². The van der Waals surface area contributed by atoms with Crippen LogP contribution in [0.2, 0.25) is 0 Å². The van der Waals surface area contributed by atoms with Crippen LogP contribution in [0.5, 0.6) is 0 Å². The van der Waals surface area contributed by atoms with E-state index in [0.29, 0.717) is 39.8 Å². The number of halogens is 4. The van der Waals surface area contributed by atoms with Crippen LogP contribution < -0.4 is 15.8 Å². The lowest BCUT2D eigenvalue weighted by molar-refractivity contribution is -0.142. The number of amides is 1. The number of benzene rings is 2. The third-order valence-electron chi connectivity index (χ3n) is 8.58. The van der Waals surface area contributed by atoms with Crippen LogP contribution in [0.3, 0.4) is 0 Å². The van der Waals surface area contributed by atoms with E-state index in [2.05, 4.69) is 31.7 Å². The van der Waals surface area contributed by atoms with Gasteiger partial charge in [-0.2, -0.15) is 18.3 Å². The molecule has 0 aliphatic heterocycles. The van der Waals surface area contributed by atoms with Gasteiger partial charge in [-0.25, -0.2) is 9.07 Å². The van der Waals surface area contributed by atoms with Gasteiger partial charge in [0.1, 0.15) is 27.6 Å². The summed E-state index contributed by atoms with van der Waals surface area (Å²) >= 11 is -1.58. The fourth-order valence-electron chi connectivity index (χ4n) is 5.56. The average Bonchev–Trinajstić information content (AvgIpc) is 3.80. The van der Waals surface area contributed by atoms with Crippen molar-refractivity contribution in [3.8, 4) is 5.69 Å². The van der Waals surface area contributed by atoms with Crippen LogP contribution in [-0.2, 0) is 23.1 Å². The van der Waals surface area contributed by atoms with Gasteiger partial charge in [0.2, 0.25) is 0 Å². The Balaban J connectivity index is 1.56. The molecular weight excluding hydrogens is 671 g/mol. The summed E-state index contributed by atoms with van der Waals surface area (Å²) in [5.41, 5.74) is 4.85. The summed E-state index contributed by atoms with van der Waals surface area (Å²) in [6.45, 7) is 9.21. The maximum atomic E-state index is 15.4. The van der Waals surface area contributed by atoms with E-state index in [1.54, 1.807) is 30.6 Å². The maximum absolute atomic E-state index is 15.4. The standard InChI is InChI=1S/C36H39F4N7O2S/c1-6-23-9-11-26(20-27(23)32(41)42-5)47-31(36(38,39)40)21-30(45-47)33(48)44-29-19-25(10-12-28(29)37)35(16-13-22-7-8-22,24-14-17-43-18-15-24)46-50(49)34(2,3)4/h6,9-12,14-15,17-22,46H,1,7-8,13,16H2,2-5H3,(H2,41,42)(H,44,48)/t35?,50-/m1/s1. The van der Waals surface area contributed by atoms with Gasteiger partial charge in [0.25, 0.3) is 5.91 Å². The van der Waals surface area contributed by atoms with E-state index in [9.17, 15) is 22.5 Å². The molecule has 0 spiro atoms. The number of hydrogen-bond acceptors (Lipinski definition) is 6. The second-order valence-electron chi connectivity index (χ2n) is 13.2. The number of hydrogen-bond donors (Lipinski definition) is 3. The molecule has 4 aromatic rings. The molecule has 14 heteroatoms. The number of anilines is 1. The van der Waals surface area contributed by atoms with E-state index >= 15 is 4.39 Å². The largest absolute Gasteiger partial charge is 0.598 e. The highest BCUT2D eigenvalue weighted by molar-refractivity contribution is 7.90. The van der Waals surface area contributed by atoms with Gasteiger partial charge in [-0.15, -0.1) is 4.72 Å². The van der Waals surface area contributed by atoms with Crippen LogP contribution in [0.1, 0.15) is 84.9 Å². The number of alkyl halides is 3. The molecule has 1 fully saturated rings. The van der Waals surface area contributed by atoms with E-state index < -0.39 is 50.9 Å². The number of carbonyl (C=O) groups excluding carboxylic acids is 1. The monoisotopic (exact) mass is 709 g/mol. The molecule has 2 aromatic carbocycles. The van der Waals surface area contributed by atoms with Crippen molar-refractivity contribution < 1.29 is 26.9 Å². The Morgan fingerprint density at radius 1 is 1.10 bits per heavy atom. The van der Waals surface area contributed by atoms with Crippen molar-refractivity contribution in [3.63, 3.8) is 0 Å². The van der Waals surface area contributed by atoms with Crippen molar-refractivity contribution in [2.45, 2.75) is 62.9 Å². The number of pyridine rings is 1. The van der Waals surface area contributed by atoms with E-state index in [1.165, 1.54) is 43.5 Å². The predicted molar refractivity (Wildman–Crippen MR) is 188 cm³/mol. The minimum Gasteiger partial charge on any atom is -0.598 e. The number of rotatable bonds is 12. The number of amidine groups is 1. The van der Waals surface area contributed by atoms with E-state index in [1.807, 2.05) is 20.8 Å². The van der Waals surface area contributed by atoms with Crippen molar-refractivity contribution in [2.75, 3.05) is 12.4 Å². The number of nitrogens with one attached hydrogen (secondary N) is 2. The Kier molecular flexibility index (Phi) is 10.6. The quantitative estimate of drug-likeness (QED) is 0.0620. The molecular formula is C36H39F4N7O2S. The summed E-state index contributed by atoms with van der Waals surface area (Å²) in [7, 11) is 1.44. The summed E-state index contributed by atoms with van der Waals surface area (Å²) in [5.74, 6) is -1.33. The summed E-state index contributed by atoms with van der Waals surface area (Å²) in [6, 6.07) is 12.6. The van der Waals surface area contributed by atoms with Gasteiger partial charge in [-0.05, 0) is 92.6 Å². The number of nitrogens with two attached hydrogens (primary N) is 1. The molecule has 264 valence electrons. The fourth-order valence-corrected chi connectivity index (χ4v) is 6.52. The molecule has 1 saturated carbocycles. The summed E-state index contributed by atoms with van der Waals surface area (Å²) in [4.78, 5) is 21.6. The van der Waals surface area contributed by atoms with Crippen LogP contribution in [0.25, 0.3) is 11.8 Å². The predicted octanol–water partition coefficient (Wildman–Crippen LogP) is 7.14. The highest BCUT2D eigenvalue weighted by Crippen LogP contribution is 2.43. The molecule has 0 bridgehead atoms. The maximum Gasteiger partial charge on any atom is 0.433 e. The molecule has 5 rings (SSSR count). The van der Waals surface area contributed by atoms with Crippen molar-refractivity contribution in [1.29, 1.82) is 0 Å². The summed E-state index contributed by atoms with van der Waals surface area (Å²) in [6.07, 6.45) is 3.25. The lowest BCUT2D eigenvalue weighted by Gasteiger charge is -2.38. The summed E-state index contributed by atoms with van der Waals surface area (Å²) < 4.78 is 75.2. The topological polar surface area (TPSA) is 133 Å². The lowest BCUT2D eigenvalue weighted by atomic mass is 9.79. The zero-order valence-corrected chi connectivity index (χ0v) is 29.0. The Labute approximate surface area is 291 Å². The molecule has 4 N–H and O–H groups in total. The number of aromatic nitrogens is 3. The van der Waals surface area contributed by atoms with Crippen molar-refractivity contribution in [1.82, 2.24) is 19.5 Å². The molecule has 1 aliphatic rings. The molecule has 2 aromatic heterocycles. The highest BCUT2D eigenvalue weighted by Gasteiger charge is 2.44. The second kappa shape index (κ2) is 14.4. The van der Waals surface area contributed by atoms with Gasteiger partial charge >= 0.3 is 6.18 Å². The molecule has 2 atom stereocenters. The van der Waals surface area contributed by atoms with Crippen LogP contribution in [0.4, 0.5) is 23.2 Å². The Hall–Kier alpha value is -4.53. The van der Waals surface area contributed by atoms with Crippen molar-refractivity contribution in [3.05, 3.63) is 113 Å². The molecule has 1 unspecified atom stereocenters. The number of carbonyl (C=O) groups is 1. The van der Waals surface area contributed by atoms with E-state index in [0.717, 1.165) is 24.8 Å². The first kappa shape index (κ1) is 36.7. The molecule has 2 heterocycles. The Bertz CT molecular complexity index is 1900. The first-order chi connectivity index (χ1) is 23.6.